The first-order valence-corrected chi connectivity index (χ1v) is 9.23. The second-order valence-corrected chi connectivity index (χ2v) is 7.11. The highest BCUT2D eigenvalue weighted by atomic mass is 16.5. The second kappa shape index (κ2) is 8.58. The summed E-state index contributed by atoms with van der Waals surface area (Å²) in [7, 11) is 0. The smallest absolute Gasteiger partial charge is 0.132 e. The number of nitrogens with zero attached hydrogens (tertiary/aromatic N) is 4. The summed E-state index contributed by atoms with van der Waals surface area (Å²) < 4.78 is 5.44. The van der Waals surface area contributed by atoms with Gasteiger partial charge >= 0.3 is 0 Å². The van der Waals surface area contributed by atoms with E-state index in [1.165, 1.54) is 30.7 Å². The zero-order chi connectivity index (χ0) is 16.8. The van der Waals surface area contributed by atoms with Crippen molar-refractivity contribution in [2.75, 3.05) is 50.8 Å². The Hall–Kier alpha value is -1.46. The van der Waals surface area contributed by atoms with Gasteiger partial charge in [0.25, 0.3) is 0 Å². The van der Waals surface area contributed by atoms with Crippen molar-refractivity contribution in [2.24, 2.45) is 0 Å². The summed E-state index contributed by atoms with van der Waals surface area (Å²) in [5.74, 6) is 1.60. The zero-order valence-corrected chi connectivity index (χ0v) is 15.1. The molecule has 3 heterocycles. The molecule has 132 valence electrons. The van der Waals surface area contributed by atoms with Gasteiger partial charge in [-0.3, -0.25) is 0 Å². The fourth-order valence-electron chi connectivity index (χ4n) is 3.59. The Morgan fingerprint density at radius 3 is 2.88 bits per heavy atom. The van der Waals surface area contributed by atoms with Crippen molar-refractivity contribution in [2.45, 2.75) is 39.0 Å². The topological polar surface area (TPSA) is 41.5 Å². The minimum absolute atomic E-state index is 0.535. The van der Waals surface area contributed by atoms with E-state index in [0.29, 0.717) is 5.92 Å². The van der Waals surface area contributed by atoms with Crippen LogP contribution >= 0.6 is 0 Å². The number of piperidine rings is 1. The Morgan fingerprint density at radius 2 is 2.08 bits per heavy atom. The maximum Gasteiger partial charge on any atom is 0.132 e. The van der Waals surface area contributed by atoms with E-state index >= 15 is 0 Å². The number of hydrogen-bond acceptors (Lipinski definition) is 5. The summed E-state index contributed by atoms with van der Waals surface area (Å²) in [6.45, 7) is 11.3. The van der Waals surface area contributed by atoms with E-state index in [4.69, 9.17) is 4.74 Å². The Balaban J connectivity index is 1.61. The van der Waals surface area contributed by atoms with Crippen LogP contribution in [-0.4, -0.2) is 60.8 Å². The first-order chi connectivity index (χ1) is 11.7. The number of ether oxygens (including phenoxy) is 1. The minimum atomic E-state index is 0.535. The summed E-state index contributed by atoms with van der Waals surface area (Å²) in [6.07, 6.45) is 7.72. The van der Waals surface area contributed by atoms with Gasteiger partial charge in [0, 0.05) is 38.2 Å². The van der Waals surface area contributed by atoms with E-state index in [9.17, 15) is 0 Å². The average molecular weight is 330 g/mol. The molecule has 0 saturated carbocycles. The summed E-state index contributed by atoms with van der Waals surface area (Å²) in [5, 5.41) is 0. The number of rotatable bonds is 5. The molecule has 1 aromatic rings. The van der Waals surface area contributed by atoms with Crippen molar-refractivity contribution in [3.8, 4) is 0 Å². The molecule has 2 aliphatic heterocycles. The maximum absolute atomic E-state index is 5.44. The molecular weight excluding hydrogens is 300 g/mol. The van der Waals surface area contributed by atoms with Gasteiger partial charge in [0.05, 0.1) is 18.9 Å². The molecule has 1 atom stereocenters. The molecule has 0 aliphatic carbocycles. The number of morpholine rings is 1. The lowest BCUT2D eigenvalue weighted by Gasteiger charge is -2.33. The van der Waals surface area contributed by atoms with Gasteiger partial charge in [0.2, 0.25) is 0 Å². The number of likely N-dealkylation sites (tertiary alicyclic amines) is 1. The van der Waals surface area contributed by atoms with E-state index in [2.05, 4.69) is 45.8 Å². The lowest BCUT2D eigenvalue weighted by atomic mass is 9.94. The highest BCUT2D eigenvalue weighted by molar-refractivity contribution is 5.40. The summed E-state index contributed by atoms with van der Waals surface area (Å²) in [4.78, 5) is 14.0. The molecule has 5 nitrogen and oxygen atoms in total. The normalized spacial score (nSPS) is 22.4. The van der Waals surface area contributed by atoms with Crippen LogP contribution in [0.3, 0.4) is 0 Å². The molecule has 0 amide bonds. The largest absolute Gasteiger partial charge is 0.378 e. The average Bonchev–Trinajstić information content (AvgIpc) is 2.63. The van der Waals surface area contributed by atoms with Gasteiger partial charge in [-0.2, -0.15) is 0 Å². The third-order valence-electron chi connectivity index (χ3n) is 4.93. The number of aromatic nitrogens is 2. The SMILES string of the molecule is CC(C)=CCCN1CCCC(c2cc(N3CCOCC3)ncn2)C1. The minimum Gasteiger partial charge on any atom is -0.378 e. The van der Waals surface area contributed by atoms with E-state index in [-0.39, 0.29) is 0 Å². The molecule has 1 unspecified atom stereocenters. The van der Waals surface area contributed by atoms with Crippen LogP contribution in [0.4, 0.5) is 5.82 Å². The third-order valence-corrected chi connectivity index (χ3v) is 4.93. The quantitative estimate of drug-likeness (QED) is 0.777. The van der Waals surface area contributed by atoms with Crippen LogP contribution in [0.2, 0.25) is 0 Å². The zero-order valence-electron chi connectivity index (χ0n) is 15.1. The van der Waals surface area contributed by atoms with E-state index in [1.54, 1.807) is 6.33 Å². The summed E-state index contributed by atoms with van der Waals surface area (Å²) in [5.41, 5.74) is 2.62. The lowest BCUT2D eigenvalue weighted by Crippen LogP contribution is -2.37. The Morgan fingerprint density at radius 1 is 1.25 bits per heavy atom. The van der Waals surface area contributed by atoms with Crippen LogP contribution in [-0.2, 0) is 4.74 Å². The second-order valence-electron chi connectivity index (χ2n) is 7.11. The highest BCUT2D eigenvalue weighted by Crippen LogP contribution is 2.27. The van der Waals surface area contributed by atoms with E-state index < -0.39 is 0 Å². The molecule has 2 saturated heterocycles. The van der Waals surface area contributed by atoms with Crippen LogP contribution in [0.25, 0.3) is 0 Å². The van der Waals surface area contributed by atoms with Gasteiger partial charge in [-0.15, -0.1) is 0 Å². The van der Waals surface area contributed by atoms with Crippen LogP contribution in [0.5, 0.6) is 0 Å². The number of allylic oxidation sites excluding steroid dienone is 1. The molecule has 2 fully saturated rings. The first kappa shape index (κ1) is 17.4. The van der Waals surface area contributed by atoms with Crippen molar-refractivity contribution in [1.29, 1.82) is 0 Å². The lowest BCUT2D eigenvalue weighted by molar-refractivity contribution is 0.122. The van der Waals surface area contributed by atoms with Crippen molar-refractivity contribution in [3.05, 3.63) is 29.7 Å². The van der Waals surface area contributed by atoms with Gasteiger partial charge in [-0.1, -0.05) is 11.6 Å². The van der Waals surface area contributed by atoms with Crippen LogP contribution in [0.15, 0.2) is 24.0 Å². The molecule has 1 aromatic heterocycles. The molecule has 0 N–H and O–H groups in total. The Labute approximate surface area is 145 Å². The van der Waals surface area contributed by atoms with Gasteiger partial charge in [0.1, 0.15) is 12.1 Å². The standard InChI is InChI=1S/C19H30N4O/c1-16(2)5-3-7-22-8-4-6-17(14-22)18-13-19(21-15-20-18)23-9-11-24-12-10-23/h5,13,15,17H,3-4,6-12,14H2,1-2H3. The van der Waals surface area contributed by atoms with Crippen LogP contribution in [0.1, 0.15) is 44.7 Å². The molecule has 5 heteroatoms. The molecule has 2 aliphatic rings. The van der Waals surface area contributed by atoms with Crippen LogP contribution < -0.4 is 4.90 Å². The predicted octanol–water partition coefficient (Wildman–Crippen LogP) is 2.85. The van der Waals surface area contributed by atoms with E-state index in [0.717, 1.165) is 51.6 Å². The molecule has 0 radical (unpaired) electrons. The maximum atomic E-state index is 5.44. The highest BCUT2D eigenvalue weighted by Gasteiger charge is 2.23. The Kier molecular flexibility index (Phi) is 6.21. The fourth-order valence-corrected chi connectivity index (χ4v) is 3.59. The molecule has 24 heavy (non-hydrogen) atoms. The van der Waals surface area contributed by atoms with Crippen molar-refractivity contribution in [1.82, 2.24) is 14.9 Å². The molecule has 0 aromatic carbocycles. The van der Waals surface area contributed by atoms with Crippen molar-refractivity contribution in [3.63, 3.8) is 0 Å². The van der Waals surface area contributed by atoms with Gasteiger partial charge < -0.3 is 14.5 Å². The summed E-state index contributed by atoms with van der Waals surface area (Å²) >= 11 is 0. The van der Waals surface area contributed by atoms with Crippen molar-refractivity contribution >= 4 is 5.82 Å². The molecule has 0 bridgehead atoms. The first-order valence-electron chi connectivity index (χ1n) is 9.23. The molecular formula is C19H30N4O. The number of anilines is 1. The van der Waals surface area contributed by atoms with E-state index in [1.807, 2.05) is 0 Å². The fraction of sp³-hybridized carbons (Fsp3) is 0.684. The molecule has 3 rings (SSSR count). The predicted molar refractivity (Wildman–Crippen MR) is 97.5 cm³/mol. The third kappa shape index (κ3) is 4.77. The summed E-state index contributed by atoms with van der Waals surface area (Å²) in [6, 6.07) is 2.20. The van der Waals surface area contributed by atoms with Gasteiger partial charge in [-0.05, 0) is 39.7 Å². The van der Waals surface area contributed by atoms with Gasteiger partial charge in [-0.25, -0.2) is 9.97 Å². The molecule has 0 spiro atoms. The van der Waals surface area contributed by atoms with Crippen molar-refractivity contribution < 1.29 is 4.74 Å². The monoisotopic (exact) mass is 330 g/mol. The Bertz CT molecular complexity index is 550. The number of hydrogen-bond donors (Lipinski definition) is 0. The van der Waals surface area contributed by atoms with Gasteiger partial charge in [0.15, 0.2) is 0 Å². The van der Waals surface area contributed by atoms with Crippen LogP contribution in [0, 0.1) is 0 Å².